The number of pyridine rings is 1. The molecule has 0 aliphatic heterocycles. The average molecular weight is 509 g/mol. The molecule has 3 aromatic carbocycles. The van der Waals surface area contributed by atoms with E-state index < -0.39 is 5.60 Å². The van der Waals surface area contributed by atoms with Crippen LogP contribution in [0.25, 0.3) is 10.8 Å². The monoisotopic (exact) mass is 508 g/mol. The molecule has 0 bridgehead atoms. The fourth-order valence-electron chi connectivity index (χ4n) is 6.31. The molecule has 4 aromatic rings. The number of aromatic nitrogens is 1. The normalized spacial score (nSPS) is 16.9. The first kappa shape index (κ1) is 26.4. The predicted molar refractivity (Wildman–Crippen MR) is 156 cm³/mol. The zero-order valence-electron chi connectivity index (χ0n) is 22.9. The number of rotatable bonds is 9. The summed E-state index contributed by atoms with van der Waals surface area (Å²) in [5.41, 5.74) is 3.01. The minimum Gasteiger partial charge on any atom is -0.481 e. The molecule has 4 heteroatoms. The van der Waals surface area contributed by atoms with Gasteiger partial charge >= 0.3 is 0 Å². The van der Waals surface area contributed by atoms with Gasteiger partial charge in [-0.25, -0.2) is 4.98 Å². The molecule has 0 radical (unpaired) electrons. The maximum absolute atomic E-state index is 13.1. The molecule has 1 heterocycles. The first-order valence-electron chi connectivity index (χ1n) is 14.0. The lowest BCUT2D eigenvalue weighted by molar-refractivity contribution is 0.00512. The summed E-state index contributed by atoms with van der Waals surface area (Å²) < 4.78 is 5.90. The van der Waals surface area contributed by atoms with Crippen molar-refractivity contribution in [3.63, 3.8) is 0 Å². The zero-order valence-corrected chi connectivity index (χ0v) is 22.9. The molecular weight excluding hydrogens is 468 g/mol. The Kier molecular flexibility index (Phi) is 8.11. The van der Waals surface area contributed by atoms with E-state index in [4.69, 9.17) is 9.72 Å². The minimum absolute atomic E-state index is 0.361. The summed E-state index contributed by atoms with van der Waals surface area (Å²) in [7, 11) is 5.81. The van der Waals surface area contributed by atoms with Crippen LogP contribution in [0.1, 0.15) is 72.6 Å². The summed E-state index contributed by atoms with van der Waals surface area (Å²) in [5.74, 6) is 0.729. The van der Waals surface area contributed by atoms with Gasteiger partial charge in [0.2, 0.25) is 5.88 Å². The summed E-state index contributed by atoms with van der Waals surface area (Å²) in [6.45, 7) is 0.737. The van der Waals surface area contributed by atoms with Crippen molar-refractivity contribution in [2.45, 2.75) is 56.0 Å². The first-order valence-corrected chi connectivity index (χ1v) is 14.0. The average Bonchev–Trinajstić information content (AvgIpc) is 2.97. The largest absolute Gasteiger partial charge is 0.481 e. The molecule has 1 N–H and O–H groups in total. The van der Waals surface area contributed by atoms with Gasteiger partial charge in [-0.3, -0.25) is 0 Å². The Morgan fingerprint density at radius 3 is 2.39 bits per heavy atom. The van der Waals surface area contributed by atoms with Crippen molar-refractivity contribution in [3.05, 3.63) is 107 Å². The smallest absolute Gasteiger partial charge is 0.216 e. The van der Waals surface area contributed by atoms with Gasteiger partial charge in [-0.2, -0.15) is 0 Å². The van der Waals surface area contributed by atoms with E-state index in [-0.39, 0.29) is 5.92 Å². The Morgan fingerprint density at radius 2 is 1.66 bits per heavy atom. The van der Waals surface area contributed by atoms with Gasteiger partial charge in [0.05, 0.1) is 7.11 Å². The lowest BCUT2D eigenvalue weighted by Crippen LogP contribution is -2.38. The van der Waals surface area contributed by atoms with Crippen LogP contribution in [-0.2, 0) is 5.60 Å². The van der Waals surface area contributed by atoms with Crippen molar-refractivity contribution in [2.24, 2.45) is 0 Å². The van der Waals surface area contributed by atoms with Gasteiger partial charge in [0.15, 0.2) is 0 Å². The molecule has 0 spiro atoms. The fourth-order valence-corrected chi connectivity index (χ4v) is 6.31. The van der Waals surface area contributed by atoms with Crippen molar-refractivity contribution in [2.75, 3.05) is 27.7 Å². The Bertz CT molecular complexity index is 1340. The Balaban J connectivity index is 1.76. The molecule has 0 amide bonds. The van der Waals surface area contributed by atoms with Gasteiger partial charge in [-0.05, 0) is 72.8 Å². The number of nitrogens with zero attached hydrogens (tertiary/aromatic N) is 2. The maximum Gasteiger partial charge on any atom is 0.216 e. The van der Waals surface area contributed by atoms with Crippen LogP contribution in [-0.4, -0.2) is 42.7 Å². The van der Waals surface area contributed by atoms with Gasteiger partial charge < -0.3 is 14.7 Å². The molecule has 198 valence electrons. The van der Waals surface area contributed by atoms with Crippen LogP contribution in [0.15, 0.2) is 85.1 Å². The van der Waals surface area contributed by atoms with Crippen molar-refractivity contribution < 1.29 is 9.84 Å². The van der Waals surface area contributed by atoms with E-state index in [1.165, 1.54) is 37.7 Å². The van der Waals surface area contributed by atoms with Crippen LogP contribution in [0.2, 0.25) is 0 Å². The number of benzene rings is 3. The summed E-state index contributed by atoms with van der Waals surface area (Å²) in [5, 5.41) is 15.3. The molecule has 1 aliphatic carbocycles. The second-order valence-electron chi connectivity index (χ2n) is 11.1. The number of fused-ring (bicyclic) bond motifs is 1. The molecule has 1 fully saturated rings. The minimum atomic E-state index is -1.20. The van der Waals surface area contributed by atoms with Crippen molar-refractivity contribution in [3.8, 4) is 5.88 Å². The molecule has 5 rings (SSSR count). The SMILES string of the molecule is COc1ncc(C2CCCCC2)cc1C(c1ccccc1)C(O)(CCN(C)C)c1cccc2ccccc12. The lowest BCUT2D eigenvalue weighted by Gasteiger charge is -2.39. The summed E-state index contributed by atoms with van der Waals surface area (Å²) in [6.07, 6.45) is 8.77. The highest BCUT2D eigenvalue weighted by Gasteiger charge is 2.43. The number of methoxy groups -OCH3 is 1. The standard InChI is InChI=1S/C34H40N2O2/c1-36(2)22-21-34(37,31-20-12-18-26-15-10-11-19-29(26)31)32(27-16-8-5-9-17-27)30-23-28(24-35-33(30)38-3)25-13-6-4-7-14-25/h5,8-12,15-20,23-25,32,37H,4,6-7,13-14,21-22H2,1-3H3. The fraction of sp³-hybridized carbons (Fsp3) is 0.382. The van der Waals surface area contributed by atoms with E-state index in [0.717, 1.165) is 34.0 Å². The third-order valence-electron chi connectivity index (χ3n) is 8.29. The van der Waals surface area contributed by atoms with Gasteiger partial charge in [0.25, 0.3) is 0 Å². The van der Waals surface area contributed by atoms with E-state index in [0.29, 0.717) is 18.2 Å². The summed E-state index contributed by atoms with van der Waals surface area (Å²) in [6, 6.07) is 27.3. The number of hydrogen-bond acceptors (Lipinski definition) is 4. The molecule has 1 aromatic heterocycles. The molecule has 1 aliphatic rings. The quantitative estimate of drug-likeness (QED) is 0.258. The highest BCUT2D eigenvalue weighted by molar-refractivity contribution is 5.86. The maximum atomic E-state index is 13.1. The van der Waals surface area contributed by atoms with E-state index in [2.05, 4.69) is 91.8 Å². The van der Waals surface area contributed by atoms with Gasteiger partial charge in [0.1, 0.15) is 5.60 Å². The van der Waals surface area contributed by atoms with Gasteiger partial charge in [0, 0.05) is 24.2 Å². The summed E-state index contributed by atoms with van der Waals surface area (Å²) >= 11 is 0. The van der Waals surface area contributed by atoms with E-state index >= 15 is 0 Å². The van der Waals surface area contributed by atoms with E-state index in [1.807, 2.05) is 12.3 Å². The topological polar surface area (TPSA) is 45.6 Å². The van der Waals surface area contributed by atoms with Crippen LogP contribution in [0.4, 0.5) is 0 Å². The Hall–Kier alpha value is -3.21. The highest BCUT2D eigenvalue weighted by Crippen LogP contribution is 2.49. The predicted octanol–water partition coefficient (Wildman–Crippen LogP) is 7.26. The van der Waals surface area contributed by atoms with Crippen LogP contribution >= 0.6 is 0 Å². The van der Waals surface area contributed by atoms with Crippen LogP contribution < -0.4 is 4.74 Å². The first-order chi connectivity index (χ1) is 18.5. The molecule has 2 unspecified atom stereocenters. The van der Waals surface area contributed by atoms with Gasteiger partial charge in [-0.1, -0.05) is 92.1 Å². The molecule has 1 saturated carbocycles. The summed E-state index contributed by atoms with van der Waals surface area (Å²) in [4.78, 5) is 6.98. The molecular formula is C34H40N2O2. The molecule has 4 nitrogen and oxygen atoms in total. The lowest BCUT2D eigenvalue weighted by atomic mass is 9.70. The van der Waals surface area contributed by atoms with Crippen molar-refractivity contribution in [1.29, 1.82) is 0 Å². The Labute approximate surface area is 227 Å². The highest BCUT2D eigenvalue weighted by atomic mass is 16.5. The van der Waals surface area contributed by atoms with E-state index in [9.17, 15) is 5.11 Å². The van der Waals surface area contributed by atoms with Crippen molar-refractivity contribution >= 4 is 10.8 Å². The Morgan fingerprint density at radius 1 is 0.947 bits per heavy atom. The number of aliphatic hydroxyl groups is 1. The third-order valence-corrected chi connectivity index (χ3v) is 8.29. The second-order valence-corrected chi connectivity index (χ2v) is 11.1. The van der Waals surface area contributed by atoms with E-state index in [1.54, 1.807) is 7.11 Å². The number of hydrogen-bond donors (Lipinski definition) is 1. The van der Waals surface area contributed by atoms with Gasteiger partial charge in [-0.15, -0.1) is 0 Å². The van der Waals surface area contributed by atoms with Crippen LogP contribution in [0, 0.1) is 0 Å². The molecule has 0 saturated heterocycles. The molecule has 2 atom stereocenters. The van der Waals surface area contributed by atoms with Crippen LogP contribution in [0.5, 0.6) is 5.88 Å². The second kappa shape index (κ2) is 11.7. The number of ether oxygens (including phenoxy) is 1. The zero-order chi connectivity index (χ0) is 26.5. The van der Waals surface area contributed by atoms with Crippen molar-refractivity contribution in [1.82, 2.24) is 9.88 Å². The third kappa shape index (κ3) is 5.34. The van der Waals surface area contributed by atoms with Crippen LogP contribution in [0.3, 0.4) is 0 Å². The molecule has 38 heavy (non-hydrogen) atoms.